The summed E-state index contributed by atoms with van der Waals surface area (Å²) >= 11 is 17.7. The molecule has 16 heavy (non-hydrogen) atoms. The summed E-state index contributed by atoms with van der Waals surface area (Å²) in [7, 11) is 0. The van der Waals surface area contributed by atoms with E-state index in [0.717, 1.165) is 5.56 Å². The van der Waals surface area contributed by atoms with Gasteiger partial charge in [-0.1, -0.05) is 35.3 Å². The standard InChI is InChI=1S/C10H8Cl3N3/c11-4-9-14-6-15-16(9)5-7-2-1-3-8(12)10(7)13/h1-3,6H,4-5H2. The predicted molar refractivity (Wildman–Crippen MR) is 65.1 cm³/mol. The summed E-state index contributed by atoms with van der Waals surface area (Å²) in [4.78, 5) is 4.03. The molecule has 1 aromatic heterocycles. The van der Waals surface area contributed by atoms with Crippen LogP contribution >= 0.6 is 34.8 Å². The topological polar surface area (TPSA) is 30.7 Å². The Morgan fingerprint density at radius 1 is 1.25 bits per heavy atom. The Hall–Kier alpha value is -0.770. The van der Waals surface area contributed by atoms with Crippen LogP contribution in [0.4, 0.5) is 0 Å². The summed E-state index contributed by atoms with van der Waals surface area (Å²) in [6.45, 7) is 0.515. The summed E-state index contributed by atoms with van der Waals surface area (Å²) in [6, 6.07) is 5.49. The van der Waals surface area contributed by atoms with Crippen LogP contribution in [-0.2, 0) is 12.4 Å². The molecule has 0 aliphatic rings. The van der Waals surface area contributed by atoms with Gasteiger partial charge in [0.2, 0.25) is 0 Å². The molecule has 2 aromatic rings. The molecule has 1 heterocycles. The first-order valence-electron chi connectivity index (χ1n) is 4.58. The number of nitrogens with zero attached hydrogens (tertiary/aromatic N) is 3. The fourth-order valence-electron chi connectivity index (χ4n) is 1.36. The second kappa shape index (κ2) is 5.04. The van der Waals surface area contributed by atoms with Crippen LogP contribution in [0.3, 0.4) is 0 Å². The Balaban J connectivity index is 2.30. The third-order valence-corrected chi connectivity index (χ3v) is 3.26. The molecule has 0 amide bonds. The molecule has 0 unspecified atom stereocenters. The number of rotatable bonds is 3. The minimum absolute atomic E-state index is 0.318. The molecule has 84 valence electrons. The van der Waals surface area contributed by atoms with Crippen LogP contribution in [0.1, 0.15) is 11.4 Å². The quantitative estimate of drug-likeness (QED) is 0.805. The van der Waals surface area contributed by atoms with Crippen molar-refractivity contribution in [1.29, 1.82) is 0 Å². The Morgan fingerprint density at radius 3 is 2.81 bits per heavy atom. The number of alkyl halides is 1. The molecule has 3 nitrogen and oxygen atoms in total. The van der Waals surface area contributed by atoms with Gasteiger partial charge in [-0.15, -0.1) is 11.6 Å². The van der Waals surface area contributed by atoms with Crippen molar-refractivity contribution in [2.75, 3.05) is 0 Å². The van der Waals surface area contributed by atoms with E-state index in [1.54, 1.807) is 10.7 Å². The highest BCUT2D eigenvalue weighted by Crippen LogP contribution is 2.26. The predicted octanol–water partition coefficient (Wildman–Crippen LogP) is 3.37. The van der Waals surface area contributed by atoms with Gasteiger partial charge in [0, 0.05) is 0 Å². The van der Waals surface area contributed by atoms with Crippen molar-refractivity contribution in [3.8, 4) is 0 Å². The van der Waals surface area contributed by atoms with Crippen molar-refractivity contribution in [3.63, 3.8) is 0 Å². The van der Waals surface area contributed by atoms with Crippen molar-refractivity contribution >= 4 is 34.8 Å². The molecule has 0 atom stereocenters. The van der Waals surface area contributed by atoms with Gasteiger partial charge in [0.1, 0.15) is 12.2 Å². The van der Waals surface area contributed by atoms with E-state index in [0.29, 0.717) is 28.3 Å². The van der Waals surface area contributed by atoms with E-state index in [9.17, 15) is 0 Å². The third-order valence-electron chi connectivity index (χ3n) is 2.17. The second-order valence-corrected chi connectivity index (χ2v) is 4.23. The van der Waals surface area contributed by atoms with E-state index in [1.165, 1.54) is 6.33 Å². The van der Waals surface area contributed by atoms with E-state index in [2.05, 4.69) is 10.1 Å². The van der Waals surface area contributed by atoms with Crippen LogP contribution in [-0.4, -0.2) is 14.8 Å². The molecule has 0 fully saturated rings. The first-order valence-corrected chi connectivity index (χ1v) is 5.87. The zero-order valence-corrected chi connectivity index (χ0v) is 10.5. The van der Waals surface area contributed by atoms with Crippen molar-refractivity contribution in [1.82, 2.24) is 14.8 Å². The number of benzene rings is 1. The molecule has 0 spiro atoms. The van der Waals surface area contributed by atoms with Gasteiger partial charge >= 0.3 is 0 Å². The SMILES string of the molecule is ClCc1ncnn1Cc1cccc(Cl)c1Cl. The highest BCUT2D eigenvalue weighted by Gasteiger charge is 2.08. The van der Waals surface area contributed by atoms with Gasteiger partial charge in [-0.25, -0.2) is 9.67 Å². The van der Waals surface area contributed by atoms with Crippen molar-refractivity contribution in [2.45, 2.75) is 12.4 Å². The third kappa shape index (κ3) is 2.32. The number of halogens is 3. The summed E-state index contributed by atoms with van der Waals surface area (Å²) < 4.78 is 1.70. The molecule has 0 radical (unpaired) electrons. The summed E-state index contributed by atoms with van der Waals surface area (Å²) in [5.74, 6) is 1.02. The molecule has 0 saturated carbocycles. The first kappa shape index (κ1) is 11.7. The van der Waals surface area contributed by atoms with E-state index in [1.807, 2.05) is 12.1 Å². The maximum absolute atomic E-state index is 6.08. The molecule has 0 bridgehead atoms. The lowest BCUT2D eigenvalue weighted by molar-refractivity contribution is 0.656. The van der Waals surface area contributed by atoms with Crippen molar-refractivity contribution in [3.05, 3.63) is 46.0 Å². The van der Waals surface area contributed by atoms with Crippen LogP contribution in [0.2, 0.25) is 10.0 Å². The Morgan fingerprint density at radius 2 is 2.06 bits per heavy atom. The lowest BCUT2D eigenvalue weighted by atomic mass is 10.2. The lowest BCUT2D eigenvalue weighted by Crippen LogP contribution is -2.06. The number of hydrogen-bond donors (Lipinski definition) is 0. The van der Waals surface area contributed by atoms with Gasteiger partial charge < -0.3 is 0 Å². The monoisotopic (exact) mass is 275 g/mol. The minimum atomic E-state index is 0.318. The van der Waals surface area contributed by atoms with Crippen LogP contribution in [0.5, 0.6) is 0 Å². The zero-order valence-electron chi connectivity index (χ0n) is 8.20. The molecular weight excluding hydrogens is 268 g/mol. The molecule has 0 saturated heterocycles. The Kier molecular flexibility index (Phi) is 3.69. The van der Waals surface area contributed by atoms with Crippen molar-refractivity contribution in [2.24, 2.45) is 0 Å². The Bertz CT molecular complexity index is 496. The molecule has 0 aliphatic heterocycles. The van der Waals surface area contributed by atoms with E-state index < -0.39 is 0 Å². The summed E-state index contributed by atoms with van der Waals surface area (Å²) in [6.07, 6.45) is 1.47. The van der Waals surface area contributed by atoms with Crippen LogP contribution in [0.15, 0.2) is 24.5 Å². The van der Waals surface area contributed by atoms with Crippen LogP contribution in [0, 0.1) is 0 Å². The van der Waals surface area contributed by atoms with E-state index >= 15 is 0 Å². The van der Waals surface area contributed by atoms with Crippen LogP contribution in [0.25, 0.3) is 0 Å². The highest BCUT2D eigenvalue weighted by atomic mass is 35.5. The first-order chi connectivity index (χ1) is 7.72. The normalized spacial score (nSPS) is 10.7. The largest absolute Gasteiger partial charge is 0.244 e. The van der Waals surface area contributed by atoms with Gasteiger partial charge in [0.15, 0.2) is 0 Å². The second-order valence-electron chi connectivity index (χ2n) is 3.18. The van der Waals surface area contributed by atoms with Crippen molar-refractivity contribution < 1.29 is 0 Å². The zero-order chi connectivity index (χ0) is 11.5. The maximum atomic E-state index is 6.08. The maximum Gasteiger partial charge on any atom is 0.142 e. The summed E-state index contributed by atoms with van der Waals surface area (Å²) in [5.41, 5.74) is 0.894. The molecule has 1 aromatic carbocycles. The molecule has 0 N–H and O–H groups in total. The van der Waals surface area contributed by atoms with E-state index in [4.69, 9.17) is 34.8 Å². The molecule has 0 aliphatic carbocycles. The Labute approximate surface area is 108 Å². The fourth-order valence-corrected chi connectivity index (χ4v) is 1.94. The van der Waals surface area contributed by atoms with Gasteiger partial charge in [0.25, 0.3) is 0 Å². The van der Waals surface area contributed by atoms with Gasteiger partial charge in [0.05, 0.1) is 22.5 Å². The highest BCUT2D eigenvalue weighted by molar-refractivity contribution is 6.42. The molecule has 6 heteroatoms. The van der Waals surface area contributed by atoms with Crippen LogP contribution < -0.4 is 0 Å². The van der Waals surface area contributed by atoms with Gasteiger partial charge in [-0.2, -0.15) is 5.10 Å². The lowest BCUT2D eigenvalue weighted by Gasteiger charge is -2.07. The smallest absolute Gasteiger partial charge is 0.142 e. The number of hydrogen-bond acceptors (Lipinski definition) is 2. The van der Waals surface area contributed by atoms with Gasteiger partial charge in [-0.3, -0.25) is 0 Å². The fraction of sp³-hybridized carbons (Fsp3) is 0.200. The number of aromatic nitrogens is 3. The average molecular weight is 277 g/mol. The molecule has 2 rings (SSSR count). The molecular formula is C10H8Cl3N3. The average Bonchev–Trinajstić information content (AvgIpc) is 2.72. The van der Waals surface area contributed by atoms with E-state index in [-0.39, 0.29) is 0 Å². The summed E-state index contributed by atoms with van der Waals surface area (Å²) in [5, 5.41) is 5.15. The van der Waals surface area contributed by atoms with Gasteiger partial charge in [-0.05, 0) is 11.6 Å². The minimum Gasteiger partial charge on any atom is -0.244 e.